The number of carboxylic acids is 1. The summed E-state index contributed by atoms with van der Waals surface area (Å²) in [5, 5.41) is 16.8. The van der Waals surface area contributed by atoms with E-state index in [0.717, 1.165) is 11.1 Å². The first-order chi connectivity index (χ1) is 8.50. The summed E-state index contributed by atoms with van der Waals surface area (Å²) >= 11 is 1.57. The van der Waals surface area contributed by atoms with Crippen LogP contribution in [0.5, 0.6) is 0 Å². The molecule has 0 fully saturated rings. The van der Waals surface area contributed by atoms with Gasteiger partial charge in [-0.05, 0) is 17.9 Å². The van der Waals surface area contributed by atoms with Crippen molar-refractivity contribution in [2.75, 3.05) is 0 Å². The molecule has 5 nitrogen and oxygen atoms in total. The molecule has 96 valence electrons. The van der Waals surface area contributed by atoms with Crippen molar-refractivity contribution in [3.05, 3.63) is 22.2 Å². The van der Waals surface area contributed by atoms with Gasteiger partial charge in [0.25, 0.3) is 0 Å². The van der Waals surface area contributed by atoms with Crippen LogP contribution in [0.1, 0.15) is 31.2 Å². The second-order valence-electron chi connectivity index (χ2n) is 4.34. The first kappa shape index (κ1) is 12.8. The molecular weight excluding hydrogens is 252 g/mol. The molecule has 0 aliphatic heterocycles. The van der Waals surface area contributed by atoms with Gasteiger partial charge < -0.3 is 9.63 Å². The molecule has 2 aromatic rings. The zero-order valence-electron chi connectivity index (χ0n) is 10.4. The van der Waals surface area contributed by atoms with Gasteiger partial charge in [0, 0.05) is 16.9 Å². The first-order valence-electron chi connectivity index (χ1n) is 5.60. The normalized spacial score (nSPS) is 14.4. The average Bonchev–Trinajstić information content (AvgIpc) is 2.95. The van der Waals surface area contributed by atoms with Crippen LogP contribution < -0.4 is 0 Å². The number of aliphatic carboxylic acids is 1. The zero-order chi connectivity index (χ0) is 13.3. The van der Waals surface area contributed by atoms with Crippen molar-refractivity contribution in [2.24, 2.45) is 5.92 Å². The Kier molecular flexibility index (Phi) is 3.47. The van der Waals surface area contributed by atoms with E-state index in [4.69, 9.17) is 9.63 Å². The largest absolute Gasteiger partial charge is 0.481 e. The molecule has 0 bridgehead atoms. The third-order valence-corrected chi connectivity index (χ3v) is 3.93. The quantitative estimate of drug-likeness (QED) is 0.920. The van der Waals surface area contributed by atoms with Crippen molar-refractivity contribution in [1.29, 1.82) is 0 Å². The van der Waals surface area contributed by atoms with Crippen LogP contribution in [0.15, 0.2) is 15.3 Å². The van der Waals surface area contributed by atoms with E-state index in [1.807, 2.05) is 17.7 Å². The Morgan fingerprint density at radius 1 is 1.44 bits per heavy atom. The summed E-state index contributed by atoms with van der Waals surface area (Å²) in [6, 6.07) is 0. The zero-order valence-corrected chi connectivity index (χ0v) is 11.2. The van der Waals surface area contributed by atoms with Gasteiger partial charge >= 0.3 is 5.97 Å². The molecule has 0 aliphatic rings. The van der Waals surface area contributed by atoms with Crippen LogP contribution in [0.25, 0.3) is 11.4 Å². The number of hydrogen-bond acceptors (Lipinski definition) is 5. The Morgan fingerprint density at radius 2 is 2.17 bits per heavy atom. The maximum absolute atomic E-state index is 10.9. The highest BCUT2D eigenvalue weighted by molar-refractivity contribution is 7.08. The monoisotopic (exact) mass is 266 g/mol. The number of rotatable bonds is 4. The average molecular weight is 266 g/mol. The van der Waals surface area contributed by atoms with Gasteiger partial charge in [0.05, 0.1) is 5.92 Å². The Labute approximate surface area is 108 Å². The third-order valence-electron chi connectivity index (χ3n) is 3.07. The SMILES string of the molecule is Cc1cscc1-c1noc(C(C)C(C)C(=O)O)n1. The maximum Gasteiger partial charge on any atom is 0.307 e. The minimum absolute atomic E-state index is 0.303. The van der Waals surface area contributed by atoms with Crippen LogP contribution in [-0.4, -0.2) is 21.2 Å². The Morgan fingerprint density at radius 3 is 2.72 bits per heavy atom. The molecule has 0 spiro atoms. The van der Waals surface area contributed by atoms with Crippen LogP contribution in [-0.2, 0) is 4.79 Å². The number of carbonyl (C=O) groups is 1. The van der Waals surface area contributed by atoms with E-state index in [2.05, 4.69) is 10.1 Å². The van der Waals surface area contributed by atoms with Gasteiger partial charge in [-0.3, -0.25) is 4.79 Å². The lowest BCUT2D eigenvalue weighted by atomic mass is 9.96. The maximum atomic E-state index is 10.9. The van der Waals surface area contributed by atoms with Crippen molar-refractivity contribution in [2.45, 2.75) is 26.7 Å². The molecular formula is C12H14N2O3S. The molecule has 0 saturated carbocycles. The molecule has 2 rings (SSSR count). The van der Waals surface area contributed by atoms with Crippen molar-refractivity contribution in [1.82, 2.24) is 10.1 Å². The minimum atomic E-state index is -0.867. The second-order valence-corrected chi connectivity index (χ2v) is 5.08. The highest BCUT2D eigenvalue weighted by atomic mass is 32.1. The van der Waals surface area contributed by atoms with Gasteiger partial charge in [0.1, 0.15) is 0 Å². The van der Waals surface area contributed by atoms with Crippen molar-refractivity contribution in [3.63, 3.8) is 0 Å². The molecule has 2 heterocycles. The second kappa shape index (κ2) is 4.89. The van der Waals surface area contributed by atoms with Crippen LogP contribution in [0.4, 0.5) is 0 Å². The lowest BCUT2D eigenvalue weighted by Gasteiger charge is -2.10. The van der Waals surface area contributed by atoms with Gasteiger partial charge in [-0.2, -0.15) is 16.3 Å². The van der Waals surface area contributed by atoms with Gasteiger partial charge in [-0.15, -0.1) is 0 Å². The molecule has 2 unspecified atom stereocenters. The van der Waals surface area contributed by atoms with Gasteiger partial charge in [-0.1, -0.05) is 19.0 Å². The molecule has 6 heteroatoms. The van der Waals surface area contributed by atoms with Crippen molar-refractivity contribution < 1.29 is 14.4 Å². The number of carboxylic acid groups (broad SMARTS) is 1. The standard InChI is InChI=1S/C12H14N2O3S/c1-6-4-18-5-9(6)10-13-11(17-14-10)7(2)8(3)12(15)16/h4-5,7-8H,1-3H3,(H,15,16). The molecule has 0 radical (unpaired) electrons. The van der Waals surface area contributed by atoms with E-state index in [9.17, 15) is 4.79 Å². The Hall–Kier alpha value is -1.69. The topological polar surface area (TPSA) is 76.2 Å². The van der Waals surface area contributed by atoms with Crippen LogP contribution in [0, 0.1) is 12.8 Å². The number of nitrogens with zero attached hydrogens (tertiary/aromatic N) is 2. The summed E-state index contributed by atoms with van der Waals surface area (Å²) in [5.41, 5.74) is 2.02. The molecule has 2 atom stereocenters. The van der Waals surface area contributed by atoms with Gasteiger partial charge in [0.15, 0.2) is 0 Å². The summed E-state index contributed by atoms with van der Waals surface area (Å²) in [6.07, 6.45) is 0. The Balaban J connectivity index is 2.26. The summed E-state index contributed by atoms with van der Waals surface area (Å²) in [6.45, 7) is 5.38. The summed E-state index contributed by atoms with van der Waals surface area (Å²) in [7, 11) is 0. The molecule has 1 N–H and O–H groups in total. The van der Waals surface area contributed by atoms with Gasteiger partial charge in [0.2, 0.25) is 11.7 Å². The van der Waals surface area contributed by atoms with E-state index in [-0.39, 0.29) is 5.92 Å². The third kappa shape index (κ3) is 2.28. The summed E-state index contributed by atoms with van der Waals surface area (Å²) in [5.74, 6) is -0.836. The van der Waals surface area contributed by atoms with Crippen molar-refractivity contribution >= 4 is 17.3 Å². The molecule has 2 aromatic heterocycles. The fraction of sp³-hybridized carbons (Fsp3) is 0.417. The number of hydrogen-bond donors (Lipinski definition) is 1. The minimum Gasteiger partial charge on any atom is -0.481 e. The van der Waals surface area contributed by atoms with E-state index in [0.29, 0.717) is 11.7 Å². The smallest absolute Gasteiger partial charge is 0.307 e. The molecule has 18 heavy (non-hydrogen) atoms. The van der Waals surface area contributed by atoms with Crippen LogP contribution >= 0.6 is 11.3 Å². The van der Waals surface area contributed by atoms with E-state index >= 15 is 0 Å². The van der Waals surface area contributed by atoms with Crippen LogP contribution in [0.2, 0.25) is 0 Å². The molecule has 0 saturated heterocycles. The number of aryl methyl sites for hydroxylation is 1. The highest BCUT2D eigenvalue weighted by Gasteiger charge is 2.26. The molecule has 0 aliphatic carbocycles. The lowest BCUT2D eigenvalue weighted by Crippen LogP contribution is -2.16. The Bertz CT molecular complexity index is 561. The van der Waals surface area contributed by atoms with Crippen LogP contribution in [0.3, 0.4) is 0 Å². The van der Waals surface area contributed by atoms with Gasteiger partial charge in [-0.25, -0.2) is 0 Å². The predicted octanol–water partition coefficient (Wildman–Crippen LogP) is 2.93. The fourth-order valence-electron chi connectivity index (χ4n) is 1.55. The van der Waals surface area contributed by atoms with Crippen molar-refractivity contribution in [3.8, 4) is 11.4 Å². The lowest BCUT2D eigenvalue weighted by molar-refractivity contribution is -0.141. The van der Waals surface area contributed by atoms with E-state index in [1.165, 1.54) is 0 Å². The predicted molar refractivity (Wildman–Crippen MR) is 67.6 cm³/mol. The van der Waals surface area contributed by atoms with E-state index < -0.39 is 11.9 Å². The van der Waals surface area contributed by atoms with E-state index in [1.54, 1.807) is 25.2 Å². The first-order valence-corrected chi connectivity index (χ1v) is 6.54. The number of thiophene rings is 1. The summed E-state index contributed by atoms with van der Waals surface area (Å²) in [4.78, 5) is 15.2. The number of aromatic nitrogens is 2. The fourth-order valence-corrected chi connectivity index (χ4v) is 2.37. The highest BCUT2D eigenvalue weighted by Crippen LogP contribution is 2.28. The summed E-state index contributed by atoms with van der Waals surface area (Å²) < 4.78 is 5.16. The molecule has 0 amide bonds. The molecule has 0 aromatic carbocycles.